The van der Waals surface area contributed by atoms with E-state index in [1.807, 2.05) is 0 Å². The summed E-state index contributed by atoms with van der Waals surface area (Å²) in [6.07, 6.45) is 0. The lowest BCUT2D eigenvalue weighted by Crippen LogP contribution is -2.24. The summed E-state index contributed by atoms with van der Waals surface area (Å²) in [5.41, 5.74) is 0.330. The molecule has 0 spiro atoms. The lowest BCUT2D eigenvalue weighted by Gasteiger charge is -2.06. The van der Waals surface area contributed by atoms with Crippen molar-refractivity contribution in [2.75, 3.05) is 12.4 Å². The van der Waals surface area contributed by atoms with Gasteiger partial charge in [0.05, 0.1) is 0 Å². The predicted octanol–water partition coefficient (Wildman–Crippen LogP) is 1.90. The van der Waals surface area contributed by atoms with E-state index in [4.69, 9.17) is 11.6 Å². The van der Waals surface area contributed by atoms with Gasteiger partial charge in [-0.2, -0.15) is 0 Å². The normalized spacial score (nSPS) is 10.3. The second kappa shape index (κ2) is 5.41. The van der Waals surface area contributed by atoms with Crippen LogP contribution in [-0.2, 0) is 0 Å². The lowest BCUT2D eigenvalue weighted by molar-refractivity contribution is 0.0963. The summed E-state index contributed by atoms with van der Waals surface area (Å²) in [5, 5.41) is 6.27. The number of hydrogen-bond donors (Lipinski definition) is 3. The number of anilines is 2. The van der Waals surface area contributed by atoms with Crippen LogP contribution in [0.4, 0.5) is 10.8 Å². The second-order valence-corrected chi connectivity index (χ2v) is 5.01. The third-order valence-electron chi connectivity index (χ3n) is 2.31. The minimum absolute atomic E-state index is 0.0342. The highest BCUT2D eigenvalue weighted by molar-refractivity contribution is 7.10. The molecule has 2 aromatic rings. The molecule has 3 N–H and O–H groups in total. The summed E-state index contributed by atoms with van der Waals surface area (Å²) in [6.45, 7) is 1.80. The van der Waals surface area contributed by atoms with E-state index in [2.05, 4.69) is 20.0 Å². The standard InChI is InChI=1S/C11H11ClN4O2S/c1-5-3-6(12)4-7(14-5)15-11-8(9(17)13-2)10(18)16-19-11/h3-4H,1-2H3,(H,13,17)(H,14,15)(H,16,18). The van der Waals surface area contributed by atoms with Crippen molar-refractivity contribution in [3.8, 4) is 0 Å². The maximum absolute atomic E-state index is 11.6. The number of H-pyrrole nitrogens is 1. The van der Waals surface area contributed by atoms with Crippen LogP contribution in [0.25, 0.3) is 0 Å². The van der Waals surface area contributed by atoms with Crippen molar-refractivity contribution < 1.29 is 4.79 Å². The van der Waals surface area contributed by atoms with Gasteiger partial charge < -0.3 is 10.6 Å². The van der Waals surface area contributed by atoms with Crippen molar-refractivity contribution in [2.24, 2.45) is 0 Å². The number of hydrogen-bond acceptors (Lipinski definition) is 5. The monoisotopic (exact) mass is 298 g/mol. The Morgan fingerprint density at radius 3 is 2.84 bits per heavy atom. The number of halogens is 1. The zero-order valence-corrected chi connectivity index (χ0v) is 11.8. The first kappa shape index (κ1) is 13.6. The van der Waals surface area contributed by atoms with Gasteiger partial charge in [0.2, 0.25) is 0 Å². The van der Waals surface area contributed by atoms with Crippen LogP contribution >= 0.6 is 23.1 Å². The highest BCUT2D eigenvalue weighted by Gasteiger charge is 2.18. The van der Waals surface area contributed by atoms with Gasteiger partial charge >= 0.3 is 0 Å². The molecule has 2 aromatic heterocycles. The van der Waals surface area contributed by atoms with Gasteiger partial charge in [0.25, 0.3) is 11.5 Å². The number of aromatic nitrogens is 2. The number of pyridine rings is 1. The summed E-state index contributed by atoms with van der Waals surface area (Å²) in [5.74, 6) is 0.0224. The van der Waals surface area contributed by atoms with Gasteiger partial charge in [-0.1, -0.05) is 11.6 Å². The van der Waals surface area contributed by atoms with Gasteiger partial charge in [-0.25, -0.2) is 4.98 Å². The van der Waals surface area contributed by atoms with Crippen molar-refractivity contribution in [2.45, 2.75) is 6.92 Å². The fourth-order valence-corrected chi connectivity index (χ4v) is 2.53. The Morgan fingerprint density at radius 2 is 2.21 bits per heavy atom. The number of amides is 1. The molecule has 0 aliphatic carbocycles. The number of rotatable bonds is 3. The summed E-state index contributed by atoms with van der Waals surface area (Å²) < 4.78 is 2.50. The molecule has 0 aliphatic heterocycles. The SMILES string of the molecule is CNC(=O)c1c(Nc2cc(Cl)cc(C)n2)s[nH]c1=O. The topological polar surface area (TPSA) is 86.9 Å². The van der Waals surface area contributed by atoms with Crippen molar-refractivity contribution in [1.82, 2.24) is 14.7 Å². The molecule has 0 saturated heterocycles. The Labute approximate surface area is 118 Å². The minimum Gasteiger partial charge on any atom is -0.355 e. The van der Waals surface area contributed by atoms with Crippen LogP contribution in [0.2, 0.25) is 5.02 Å². The van der Waals surface area contributed by atoms with E-state index in [1.54, 1.807) is 19.1 Å². The Balaban J connectivity index is 2.39. The Morgan fingerprint density at radius 1 is 1.47 bits per heavy atom. The van der Waals surface area contributed by atoms with E-state index in [-0.39, 0.29) is 5.56 Å². The number of aryl methyl sites for hydroxylation is 1. The van der Waals surface area contributed by atoms with Crippen LogP contribution in [0.1, 0.15) is 16.1 Å². The summed E-state index contributed by atoms with van der Waals surface area (Å²) in [6, 6.07) is 3.33. The molecule has 8 heteroatoms. The summed E-state index contributed by atoms with van der Waals surface area (Å²) in [7, 11) is 1.46. The fraction of sp³-hybridized carbons (Fsp3) is 0.182. The van der Waals surface area contributed by atoms with Crippen molar-refractivity contribution in [3.63, 3.8) is 0 Å². The number of aromatic amines is 1. The highest BCUT2D eigenvalue weighted by atomic mass is 35.5. The van der Waals surface area contributed by atoms with E-state index < -0.39 is 11.5 Å². The second-order valence-electron chi connectivity index (χ2n) is 3.75. The highest BCUT2D eigenvalue weighted by Crippen LogP contribution is 2.23. The first-order valence-corrected chi connectivity index (χ1v) is 6.55. The molecule has 0 bridgehead atoms. The van der Waals surface area contributed by atoms with E-state index in [0.29, 0.717) is 15.8 Å². The van der Waals surface area contributed by atoms with Crippen LogP contribution in [0, 0.1) is 6.92 Å². The quantitative estimate of drug-likeness (QED) is 0.807. The molecular weight excluding hydrogens is 288 g/mol. The third-order valence-corrected chi connectivity index (χ3v) is 3.33. The molecule has 6 nitrogen and oxygen atoms in total. The number of carbonyl (C=O) groups excluding carboxylic acids is 1. The molecule has 0 fully saturated rings. The van der Waals surface area contributed by atoms with Crippen LogP contribution in [0.3, 0.4) is 0 Å². The minimum atomic E-state index is -0.455. The van der Waals surface area contributed by atoms with E-state index >= 15 is 0 Å². The molecule has 100 valence electrons. The first-order valence-electron chi connectivity index (χ1n) is 5.36. The van der Waals surface area contributed by atoms with Gasteiger partial charge in [0.1, 0.15) is 16.4 Å². The van der Waals surface area contributed by atoms with Gasteiger partial charge in [0.15, 0.2) is 0 Å². The van der Waals surface area contributed by atoms with Crippen LogP contribution in [0.15, 0.2) is 16.9 Å². The number of carbonyl (C=O) groups is 1. The van der Waals surface area contributed by atoms with Crippen molar-refractivity contribution >= 4 is 39.9 Å². The van der Waals surface area contributed by atoms with E-state index in [0.717, 1.165) is 17.2 Å². The molecule has 0 aliphatic rings. The van der Waals surface area contributed by atoms with E-state index in [1.165, 1.54) is 7.05 Å². The molecule has 0 aromatic carbocycles. The molecule has 19 heavy (non-hydrogen) atoms. The number of nitrogens with one attached hydrogen (secondary N) is 3. The molecule has 0 radical (unpaired) electrons. The molecule has 0 saturated carbocycles. The van der Waals surface area contributed by atoms with Gasteiger partial charge in [-0.15, -0.1) is 0 Å². The zero-order valence-electron chi connectivity index (χ0n) is 10.2. The van der Waals surface area contributed by atoms with Crippen molar-refractivity contribution in [3.05, 3.63) is 38.8 Å². The van der Waals surface area contributed by atoms with Gasteiger partial charge in [-0.3, -0.25) is 14.0 Å². The zero-order chi connectivity index (χ0) is 14.0. The molecule has 0 unspecified atom stereocenters. The molecule has 0 atom stereocenters. The molecule has 2 heterocycles. The first-order chi connectivity index (χ1) is 9.01. The maximum atomic E-state index is 11.6. The van der Waals surface area contributed by atoms with Crippen LogP contribution in [-0.4, -0.2) is 22.3 Å². The Hall–Kier alpha value is -1.86. The van der Waals surface area contributed by atoms with Gasteiger partial charge in [0, 0.05) is 17.8 Å². The summed E-state index contributed by atoms with van der Waals surface area (Å²) >= 11 is 6.96. The average molecular weight is 299 g/mol. The smallest absolute Gasteiger partial charge is 0.273 e. The van der Waals surface area contributed by atoms with Crippen molar-refractivity contribution in [1.29, 1.82) is 0 Å². The third kappa shape index (κ3) is 2.94. The van der Waals surface area contributed by atoms with Gasteiger partial charge in [-0.05, 0) is 30.6 Å². The fourth-order valence-electron chi connectivity index (χ4n) is 1.53. The Bertz CT molecular complexity index is 659. The molecule has 1 amide bonds. The maximum Gasteiger partial charge on any atom is 0.273 e. The molecular formula is C11H11ClN4O2S. The average Bonchev–Trinajstić information content (AvgIpc) is 2.68. The lowest BCUT2D eigenvalue weighted by atomic mass is 10.3. The predicted molar refractivity (Wildman–Crippen MR) is 75.6 cm³/mol. The largest absolute Gasteiger partial charge is 0.355 e. The Kier molecular flexibility index (Phi) is 3.87. The van der Waals surface area contributed by atoms with Crippen LogP contribution < -0.4 is 16.2 Å². The summed E-state index contributed by atoms with van der Waals surface area (Å²) in [4.78, 5) is 27.4. The van der Waals surface area contributed by atoms with E-state index in [9.17, 15) is 9.59 Å². The van der Waals surface area contributed by atoms with Crippen LogP contribution in [0.5, 0.6) is 0 Å². The number of nitrogens with zero attached hydrogens (tertiary/aromatic N) is 1. The molecule has 2 rings (SSSR count).